The summed E-state index contributed by atoms with van der Waals surface area (Å²) >= 11 is 0. The average molecular weight is 557 g/mol. The van der Waals surface area contributed by atoms with Crippen LogP contribution in [-0.4, -0.2) is 55.9 Å². The van der Waals surface area contributed by atoms with Gasteiger partial charge in [0.05, 0.1) is 12.6 Å². The van der Waals surface area contributed by atoms with Crippen molar-refractivity contribution in [2.24, 2.45) is 11.5 Å². The number of primary amides is 2. The van der Waals surface area contributed by atoms with Crippen molar-refractivity contribution >= 4 is 23.7 Å². The van der Waals surface area contributed by atoms with Gasteiger partial charge < -0.3 is 31.0 Å². The molecule has 3 amide bonds. The molecule has 0 aliphatic carbocycles. The predicted molar refractivity (Wildman–Crippen MR) is 127 cm³/mol. The molecule has 0 spiro atoms. The molecule has 1 heterocycles. The summed E-state index contributed by atoms with van der Waals surface area (Å²) in [5.74, 6) is -15.5. The maximum absolute atomic E-state index is 14.0. The highest BCUT2D eigenvalue weighted by Crippen LogP contribution is 2.34. The Balaban J connectivity index is 0.000000510. The Morgan fingerprint density at radius 1 is 0.897 bits per heavy atom. The number of halogens is 4. The molecule has 1 saturated heterocycles. The third kappa shape index (κ3) is 7.89. The minimum Gasteiger partial charge on any atom is -0.489 e. The SMILES string of the molecule is COC(=O)C(F)(F)C(=O)NC1(c2ccc(OCc3ccccc3)cc2)CCOCC1.NC(=O)C(F)(F)C(N)=O. The van der Waals surface area contributed by atoms with Gasteiger partial charge in [-0.3, -0.25) is 14.4 Å². The van der Waals surface area contributed by atoms with Crippen LogP contribution in [0.25, 0.3) is 0 Å². The summed E-state index contributed by atoms with van der Waals surface area (Å²) in [5.41, 5.74) is 8.73. The van der Waals surface area contributed by atoms with Crippen LogP contribution in [0.5, 0.6) is 5.75 Å². The molecule has 0 atom stereocenters. The summed E-state index contributed by atoms with van der Waals surface area (Å²) in [5, 5.41) is 2.37. The Kier molecular flexibility index (Phi) is 10.4. The van der Waals surface area contributed by atoms with Crippen molar-refractivity contribution < 1.29 is 51.0 Å². The topological polar surface area (TPSA) is 160 Å². The van der Waals surface area contributed by atoms with Crippen LogP contribution in [0.2, 0.25) is 0 Å². The molecule has 0 aromatic heterocycles. The van der Waals surface area contributed by atoms with E-state index >= 15 is 0 Å². The molecule has 2 aromatic rings. The Hall–Kier alpha value is -4.20. The summed E-state index contributed by atoms with van der Waals surface area (Å²) in [6.07, 6.45) is 0.584. The Morgan fingerprint density at radius 2 is 1.44 bits per heavy atom. The number of benzene rings is 2. The molecule has 3 rings (SSSR count). The third-order valence-electron chi connectivity index (χ3n) is 5.70. The van der Waals surface area contributed by atoms with Crippen molar-refractivity contribution in [2.45, 2.75) is 36.8 Å². The Bertz CT molecular complexity index is 1140. The lowest BCUT2D eigenvalue weighted by Gasteiger charge is -2.39. The van der Waals surface area contributed by atoms with E-state index in [9.17, 15) is 36.7 Å². The molecule has 1 aliphatic heterocycles. The van der Waals surface area contributed by atoms with Gasteiger partial charge in [-0.25, -0.2) is 4.79 Å². The maximum atomic E-state index is 14.0. The normalized spacial score (nSPS) is 14.7. The highest BCUT2D eigenvalue weighted by molar-refractivity contribution is 6.05. The molecule has 212 valence electrons. The summed E-state index contributed by atoms with van der Waals surface area (Å²) in [7, 11) is 0.807. The van der Waals surface area contributed by atoms with E-state index in [4.69, 9.17) is 9.47 Å². The van der Waals surface area contributed by atoms with E-state index in [1.165, 1.54) is 0 Å². The molecule has 0 radical (unpaired) electrons. The first kappa shape index (κ1) is 31.0. The summed E-state index contributed by atoms with van der Waals surface area (Å²) in [6.45, 7) is 0.966. The van der Waals surface area contributed by atoms with Crippen LogP contribution in [0.1, 0.15) is 24.0 Å². The zero-order valence-corrected chi connectivity index (χ0v) is 20.8. The smallest absolute Gasteiger partial charge is 0.418 e. The number of carbonyl (C=O) groups is 4. The van der Waals surface area contributed by atoms with E-state index in [0.717, 1.165) is 12.7 Å². The number of carbonyl (C=O) groups excluding carboxylic acids is 4. The van der Waals surface area contributed by atoms with Gasteiger partial charge in [-0.1, -0.05) is 42.5 Å². The van der Waals surface area contributed by atoms with Crippen molar-refractivity contribution in [1.82, 2.24) is 5.32 Å². The first-order chi connectivity index (χ1) is 18.3. The van der Waals surface area contributed by atoms with Gasteiger partial charge in [0, 0.05) is 13.2 Å². The molecule has 0 bridgehead atoms. The first-order valence-corrected chi connectivity index (χ1v) is 11.4. The van der Waals surface area contributed by atoms with Crippen molar-refractivity contribution in [3.63, 3.8) is 0 Å². The van der Waals surface area contributed by atoms with Gasteiger partial charge in [-0.2, -0.15) is 17.6 Å². The number of hydrogen-bond acceptors (Lipinski definition) is 7. The van der Waals surface area contributed by atoms with E-state index in [2.05, 4.69) is 21.5 Å². The fraction of sp³-hybridized carbons (Fsp3) is 0.360. The van der Waals surface area contributed by atoms with Crippen molar-refractivity contribution in [1.29, 1.82) is 0 Å². The third-order valence-corrected chi connectivity index (χ3v) is 5.70. The lowest BCUT2D eigenvalue weighted by molar-refractivity contribution is -0.176. The largest absolute Gasteiger partial charge is 0.489 e. The number of hydrogen-bond donors (Lipinski definition) is 3. The molecule has 1 aliphatic rings. The van der Waals surface area contributed by atoms with E-state index in [1.54, 1.807) is 24.3 Å². The van der Waals surface area contributed by atoms with Crippen LogP contribution in [-0.2, 0) is 40.8 Å². The minimum atomic E-state index is -4.28. The zero-order valence-electron chi connectivity index (χ0n) is 20.8. The highest BCUT2D eigenvalue weighted by Gasteiger charge is 2.52. The Morgan fingerprint density at radius 3 is 1.90 bits per heavy atom. The second-order valence-corrected chi connectivity index (χ2v) is 8.32. The maximum Gasteiger partial charge on any atom is 0.418 e. The van der Waals surface area contributed by atoms with Crippen LogP contribution in [0.3, 0.4) is 0 Å². The van der Waals surface area contributed by atoms with Crippen molar-refractivity contribution in [3.05, 3.63) is 65.7 Å². The fourth-order valence-electron chi connectivity index (χ4n) is 3.45. The number of nitrogens with two attached hydrogens (primary N) is 2. The molecule has 39 heavy (non-hydrogen) atoms. The van der Waals surface area contributed by atoms with Crippen LogP contribution in [0.15, 0.2) is 54.6 Å². The molecule has 5 N–H and O–H groups in total. The molecular weight excluding hydrogens is 530 g/mol. The van der Waals surface area contributed by atoms with E-state index in [0.29, 0.717) is 30.8 Å². The number of alkyl halides is 4. The van der Waals surface area contributed by atoms with Gasteiger partial charge in [-0.05, 0) is 36.1 Å². The summed E-state index contributed by atoms with van der Waals surface area (Å²) in [4.78, 5) is 42.8. The first-order valence-electron chi connectivity index (χ1n) is 11.4. The molecule has 10 nitrogen and oxygen atoms in total. The number of ether oxygens (including phenoxy) is 3. The van der Waals surface area contributed by atoms with Gasteiger partial charge in [0.2, 0.25) is 0 Å². The van der Waals surface area contributed by atoms with Crippen LogP contribution < -0.4 is 21.5 Å². The molecule has 0 saturated carbocycles. The highest BCUT2D eigenvalue weighted by atomic mass is 19.3. The molecular formula is C25H27F4N3O7. The van der Waals surface area contributed by atoms with Crippen LogP contribution >= 0.6 is 0 Å². The number of esters is 1. The van der Waals surface area contributed by atoms with Crippen LogP contribution in [0.4, 0.5) is 17.6 Å². The molecule has 14 heteroatoms. The molecule has 1 fully saturated rings. The van der Waals surface area contributed by atoms with Gasteiger partial charge in [0.15, 0.2) is 0 Å². The average Bonchev–Trinajstić information content (AvgIpc) is 2.92. The van der Waals surface area contributed by atoms with Gasteiger partial charge in [0.25, 0.3) is 11.8 Å². The van der Waals surface area contributed by atoms with Crippen LogP contribution in [0, 0.1) is 0 Å². The van der Waals surface area contributed by atoms with Gasteiger partial charge >= 0.3 is 23.7 Å². The molecule has 2 aromatic carbocycles. The predicted octanol–water partition coefficient (Wildman–Crippen LogP) is 1.79. The number of nitrogens with one attached hydrogen (secondary N) is 1. The number of amides is 3. The van der Waals surface area contributed by atoms with Crippen molar-refractivity contribution in [2.75, 3.05) is 20.3 Å². The Labute approximate surface area is 220 Å². The molecule has 0 unspecified atom stereocenters. The van der Waals surface area contributed by atoms with E-state index in [1.807, 2.05) is 30.3 Å². The fourth-order valence-corrected chi connectivity index (χ4v) is 3.45. The standard InChI is InChI=1S/C22H23F2NO5.C3H4F2N2O2/c1-28-20(27)22(23,24)19(26)25-21(11-13-29-14-12-21)17-7-9-18(10-8-17)30-15-16-5-3-2-4-6-16;4-3(5,1(6)8)2(7)9/h2-10H,11-15H2,1H3,(H,25,26);(H2,6,8)(H2,7,9). The summed E-state index contributed by atoms with van der Waals surface area (Å²) in [6, 6.07) is 16.5. The minimum absolute atomic E-state index is 0.288. The van der Waals surface area contributed by atoms with Gasteiger partial charge in [-0.15, -0.1) is 0 Å². The second-order valence-electron chi connectivity index (χ2n) is 8.32. The lowest BCUT2D eigenvalue weighted by Crippen LogP contribution is -2.56. The second kappa shape index (κ2) is 13.0. The summed E-state index contributed by atoms with van der Waals surface area (Å²) < 4.78 is 66.7. The monoisotopic (exact) mass is 557 g/mol. The zero-order chi connectivity index (χ0) is 29.3. The van der Waals surface area contributed by atoms with E-state index in [-0.39, 0.29) is 13.2 Å². The van der Waals surface area contributed by atoms with E-state index < -0.39 is 41.1 Å². The van der Waals surface area contributed by atoms with Gasteiger partial charge in [0.1, 0.15) is 12.4 Å². The number of rotatable bonds is 9. The quantitative estimate of drug-likeness (QED) is 0.241. The lowest BCUT2D eigenvalue weighted by atomic mass is 9.82. The van der Waals surface area contributed by atoms with Crippen molar-refractivity contribution in [3.8, 4) is 5.75 Å². The number of methoxy groups -OCH3 is 1.